The molecule has 1 aromatic carbocycles. The lowest BCUT2D eigenvalue weighted by atomic mass is 9.61. The fourth-order valence-corrected chi connectivity index (χ4v) is 5.01. The van der Waals surface area contributed by atoms with Crippen molar-refractivity contribution in [3.05, 3.63) is 30.6 Å². The fourth-order valence-electron chi connectivity index (χ4n) is 3.50. The van der Waals surface area contributed by atoms with E-state index in [2.05, 4.69) is 20.2 Å². The predicted molar refractivity (Wildman–Crippen MR) is 83.4 cm³/mol. The monoisotopic (exact) mass is 333 g/mol. The molecule has 7 nitrogen and oxygen atoms in total. The summed E-state index contributed by atoms with van der Waals surface area (Å²) in [7, 11) is -3.50. The number of sulfonamides is 1. The number of hydrogen-bond donors (Lipinski definition) is 1. The van der Waals surface area contributed by atoms with Gasteiger partial charge < -0.3 is 0 Å². The molecule has 0 radical (unpaired) electrons. The van der Waals surface area contributed by atoms with Crippen molar-refractivity contribution >= 4 is 10.0 Å². The topological polar surface area (TPSA) is 89.8 Å². The molecule has 4 rings (SSSR count). The van der Waals surface area contributed by atoms with Crippen molar-refractivity contribution in [3.63, 3.8) is 0 Å². The smallest absolute Gasteiger partial charge is 0.207 e. The summed E-state index contributed by atoms with van der Waals surface area (Å²) in [4.78, 5) is 0.292. The molecule has 122 valence electrons. The highest BCUT2D eigenvalue weighted by Crippen LogP contribution is 2.48. The van der Waals surface area contributed by atoms with Crippen LogP contribution in [0.2, 0.25) is 0 Å². The van der Waals surface area contributed by atoms with Crippen LogP contribution in [0.15, 0.2) is 35.5 Å². The van der Waals surface area contributed by atoms with Gasteiger partial charge in [0.1, 0.15) is 6.33 Å². The molecular formula is C15H19N5O2S. The molecule has 0 unspecified atom stereocenters. The van der Waals surface area contributed by atoms with Crippen LogP contribution in [0.5, 0.6) is 0 Å². The highest BCUT2D eigenvalue weighted by Gasteiger charge is 2.48. The summed E-state index contributed by atoms with van der Waals surface area (Å²) in [6.45, 7) is 0. The van der Waals surface area contributed by atoms with Crippen LogP contribution in [0.25, 0.3) is 5.69 Å². The van der Waals surface area contributed by atoms with Crippen LogP contribution in [0.3, 0.4) is 0 Å². The number of benzene rings is 1. The van der Waals surface area contributed by atoms with E-state index in [0.717, 1.165) is 37.8 Å². The minimum Gasteiger partial charge on any atom is -0.207 e. The average molecular weight is 333 g/mol. The predicted octanol–water partition coefficient (Wildman–Crippen LogP) is 1.66. The van der Waals surface area contributed by atoms with Crippen LogP contribution >= 0.6 is 0 Å². The summed E-state index contributed by atoms with van der Waals surface area (Å²) >= 11 is 0. The van der Waals surface area contributed by atoms with Crippen LogP contribution < -0.4 is 4.72 Å². The van der Waals surface area contributed by atoms with Crippen molar-refractivity contribution in [2.24, 2.45) is 5.92 Å². The molecule has 2 fully saturated rings. The van der Waals surface area contributed by atoms with Crippen molar-refractivity contribution in [2.45, 2.75) is 49.0 Å². The van der Waals surface area contributed by atoms with Crippen LogP contribution in [0.1, 0.15) is 38.5 Å². The third kappa shape index (κ3) is 2.55. The number of rotatable bonds is 5. The standard InChI is InChI=1S/C15H19N5O2S/c21-23(22,17-15(9-2-10-15)12-3-1-4-12)14-7-5-13(6-8-14)20-11-16-18-19-20/h5-8,11-12,17H,1-4,9-10H2. The molecule has 1 N–H and O–H groups in total. The van der Waals surface area contributed by atoms with Gasteiger partial charge in [0.15, 0.2) is 0 Å². The van der Waals surface area contributed by atoms with E-state index < -0.39 is 10.0 Å². The highest BCUT2D eigenvalue weighted by molar-refractivity contribution is 7.89. The molecule has 0 bridgehead atoms. The molecule has 2 aliphatic rings. The Morgan fingerprint density at radius 3 is 2.35 bits per heavy atom. The molecule has 2 saturated carbocycles. The van der Waals surface area contributed by atoms with Gasteiger partial charge in [0.2, 0.25) is 10.0 Å². The fraction of sp³-hybridized carbons (Fsp3) is 0.533. The Bertz CT molecular complexity index is 778. The van der Waals surface area contributed by atoms with Gasteiger partial charge in [-0.2, -0.15) is 0 Å². The minimum atomic E-state index is -3.50. The van der Waals surface area contributed by atoms with E-state index in [-0.39, 0.29) is 5.54 Å². The Morgan fingerprint density at radius 1 is 1.13 bits per heavy atom. The van der Waals surface area contributed by atoms with Crippen LogP contribution in [-0.2, 0) is 10.0 Å². The zero-order chi connectivity index (χ0) is 15.9. The lowest BCUT2D eigenvalue weighted by molar-refractivity contribution is 0.0732. The van der Waals surface area contributed by atoms with Gasteiger partial charge in [-0.15, -0.1) is 5.10 Å². The zero-order valence-electron chi connectivity index (χ0n) is 12.7. The second-order valence-electron chi connectivity index (χ2n) is 6.49. The van der Waals surface area contributed by atoms with E-state index >= 15 is 0 Å². The minimum absolute atomic E-state index is 0.203. The molecule has 0 spiro atoms. The van der Waals surface area contributed by atoms with Gasteiger partial charge in [0.25, 0.3) is 0 Å². The average Bonchev–Trinajstić information content (AvgIpc) is 2.97. The Hall–Kier alpha value is -1.80. The molecule has 2 aliphatic carbocycles. The summed E-state index contributed by atoms with van der Waals surface area (Å²) < 4.78 is 29.9. The van der Waals surface area contributed by atoms with E-state index in [1.165, 1.54) is 17.4 Å². The van der Waals surface area contributed by atoms with Crippen molar-refractivity contribution in [3.8, 4) is 5.69 Å². The number of nitrogens with one attached hydrogen (secondary N) is 1. The normalized spacial score (nSPS) is 20.7. The Morgan fingerprint density at radius 2 is 1.87 bits per heavy atom. The van der Waals surface area contributed by atoms with Crippen LogP contribution in [-0.4, -0.2) is 34.2 Å². The largest absolute Gasteiger partial charge is 0.241 e. The summed E-state index contributed by atoms with van der Waals surface area (Å²) in [5.41, 5.74) is 0.525. The Kier molecular flexibility index (Phi) is 3.46. The highest BCUT2D eigenvalue weighted by atomic mass is 32.2. The summed E-state index contributed by atoms with van der Waals surface area (Å²) in [5.74, 6) is 0.506. The van der Waals surface area contributed by atoms with Gasteiger partial charge in [-0.25, -0.2) is 17.8 Å². The first-order chi connectivity index (χ1) is 11.1. The summed E-state index contributed by atoms with van der Waals surface area (Å²) in [5, 5.41) is 10.9. The third-order valence-corrected chi connectivity index (χ3v) is 6.80. The molecule has 2 aromatic rings. The van der Waals surface area contributed by atoms with Gasteiger partial charge in [0.05, 0.1) is 10.6 Å². The molecule has 0 amide bonds. The maximum atomic E-state index is 12.7. The maximum Gasteiger partial charge on any atom is 0.241 e. The molecule has 8 heteroatoms. The molecule has 0 saturated heterocycles. The molecule has 0 aliphatic heterocycles. The van der Waals surface area contributed by atoms with E-state index in [1.54, 1.807) is 24.3 Å². The van der Waals surface area contributed by atoms with Gasteiger partial charge >= 0.3 is 0 Å². The summed E-state index contributed by atoms with van der Waals surface area (Å²) in [6, 6.07) is 6.63. The molecule has 1 aromatic heterocycles. The summed E-state index contributed by atoms with van der Waals surface area (Å²) in [6.07, 6.45) is 7.99. The quantitative estimate of drug-likeness (QED) is 0.899. The van der Waals surface area contributed by atoms with Crippen molar-refractivity contribution in [1.82, 2.24) is 24.9 Å². The first-order valence-corrected chi connectivity index (χ1v) is 9.45. The number of tetrazole rings is 1. The van der Waals surface area contributed by atoms with Crippen molar-refractivity contribution in [1.29, 1.82) is 0 Å². The molecule has 0 atom stereocenters. The van der Waals surface area contributed by atoms with Crippen LogP contribution in [0, 0.1) is 5.92 Å². The zero-order valence-corrected chi connectivity index (χ0v) is 13.5. The van der Waals surface area contributed by atoms with Gasteiger partial charge in [0, 0.05) is 5.54 Å². The number of nitrogens with zero attached hydrogens (tertiary/aromatic N) is 4. The molecule has 23 heavy (non-hydrogen) atoms. The lowest BCUT2D eigenvalue weighted by Crippen LogP contribution is -2.59. The second-order valence-corrected chi connectivity index (χ2v) is 8.17. The molecule has 1 heterocycles. The van der Waals surface area contributed by atoms with Crippen molar-refractivity contribution < 1.29 is 8.42 Å². The third-order valence-electron chi connectivity index (χ3n) is 5.23. The van der Waals surface area contributed by atoms with Crippen LogP contribution in [0.4, 0.5) is 0 Å². The van der Waals surface area contributed by atoms with E-state index in [9.17, 15) is 8.42 Å². The molecular weight excluding hydrogens is 314 g/mol. The van der Waals surface area contributed by atoms with Gasteiger partial charge in [-0.3, -0.25) is 0 Å². The van der Waals surface area contributed by atoms with E-state index in [0.29, 0.717) is 10.8 Å². The number of aromatic nitrogens is 4. The van der Waals surface area contributed by atoms with Crippen molar-refractivity contribution in [2.75, 3.05) is 0 Å². The first-order valence-electron chi connectivity index (χ1n) is 7.97. The Labute approximate surface area is 135 Å². The second kappa shape index (κ2) is 5.38. The maximum absolute atomic E-state index is 12.7. The Balaban J connectivity index is 1.56. The number of hydrogen-bond acceptors (Lipinski definition) is 5. The van der Waals surface area contributed by atoms with E-state index in [4.69, 9.17) is 0 Å². The first kappa shape index (κ1) is 14.8. The SMILES string of the molecule is O=S(=O)(NC1(C2CCC2)CCC1)c1ccc(-n2cnnn2)cc1. The lowest BCUT2D eigenvalue weighted by Gasteiger charge is -2.51. The van der Waals surface area contributed by atoms with E-state index in [1.807, 2.05) is 0 Å². The van der Waals surface area contributed by atoms with Gasteiger partial charge in [-0.1, -0.05) is 6.42 Å². The van der Waals surface area contributed by atoms with Gasteiger partial charge in [-0.05, 0) is 72.7 Å².